The molecule has 0 radical (unpaired) electrons. The van der Waals surface area contributed by atoms with E-state index in [1.54, 1.807) is 24.3 Å². The van der Waals surface area contributed by atoms with Crippen LogP contribution in [-0.4, -0.2) is 4.92 Å². The highest BCUT2D eigenvalue weighted by atomic mass is 79.9. The summed E-state index contributed by atoms with van der Waals surface area (Å²) < 4.78 is 6.09. The first-order chi connectivity index (χ1) is 9.52. The van der Waals surface area contributed by atoms with Crippen molar-refractivity contribution in [3.05, 3.63) is 61.6 Å². The number of nitro groups is 1. The van der Waals surface area contributed by atoms with Crippen molar-refractivity contribution in [3.63, 3.8) is 0 Å². The van der Waals surface area contributed by atoms with Crippen LogP contribution in [0.4, 0.5) is 5.69 Å². The predicted octanol–water partition coefficient (Wildman–Crippen LogP) is 5.70. The fourth-order valence-electron chi connectivity index (χ4n) is 1.56. The first kappa shape index (κ1) is 15.3. The highest BCUT2D eigenvalue weighted by Gasteiger charge is 2.19. The topological polar surface area (TPSA) is 52.4 Å². The third-order valence-electron chi connectivity index (χ3n) is 2.51. The number of nitro benzene ring substituents is 1. The second kappa shape index (κ2) is 6.56. The molecule has 0 N–H and O–H groups in total. The van der Waals surface area contributed by atoms with Crippen LogP contribution in [0.5, 0.6) is 11.5 Å². The summed E-state index contributed by atoms with van der Waals surface area (Å²) in [7, 11) is 0. The van der Waals surface area contributed by atoms with Crippen LogP contribution < -0.4 is 4.74 Å². The fourth-order valence-corrected chi connectivity index (χ4v) is 2.59. The Balaban J connectivity index is 2.42. The van der Waals surface area contributed by atoms with Gasteiger partial charge < -0.3 is 4.74 Å². The highest BCUT2D eigenvalue weighted by Crippen LogP contribution is 2.40. The molecule has 0 fully saturated rings. The van der Waals surface area contributed by atoms with E-state index in [9.17, 15) is 10.1 Å². The zero-order chi connectivity index (χ0) is 14.7. The van der Waals surface area contributed by atoms with Crippen molar-refractivity contribution < 1.29 is 9.66 Å². The summed E-state index contributed by atoms with van der Waals surface area (Å²) in [5.74, 6) is 0.498. The molecular formula is C13H8Br2ClNO3. The second-order valence-electron chi connectivity index (χ2n) is 3.85. The lowest BCUT2D eigenvalue weighted by Crippen LogP contribution is -1.95. The maximum atomic E-state index is 11.0. The zero-order valence-electron chi connectivity index (χ0n) is 9.98. The number of rotatable bonds is 4. The molecule has 0 aromatic heterocycles. The van der Waals surface area contributed by atoms with E-state index in [2.05, 4.69) is 31.9 Å². The molecule has 2 rings (SSSR count). The molecule has 0 saturated carbocycles. The van der Waals surface area contributed by atoms with Gasteiger partial charge in [0.2, 0.25) is 5.75 Å². The number of nitrogens with zero attached hydrogens (tertiary/aromatic N) is 1. The summed E-state index contributed by atoms with van der Waals surface area (Å²) in [4.78, 5) is 10.5. The van der Waals surface area contributed by atoms with E-state index >= 15 is 0 Å². The van der Waals surface area contributed by atoms with Crippen LogP contribution >= 0.6 is 43.5 Å². The van der Waals surface area contributed by atoms with Crippen LogP contribution in [0.25, 0.3) is 0 Å². The van der Waals surface area contributed by atoms with Gasteiger partial charge >= 0.3 is 5.69 Å². The fraction of sp³-hybridized carbons (Fsp3) is 0.0769. The van der Waals surface area contributed by atoms with Crippen LogP contribution in [0.15, 0.2) is 40.9 Å². The Hall–Kier alpha value is -1.11. The molecule has 0 bridgehead atoms. The summed E-state index contributed by atoms with van der Waals surface area (Å²) in [5, 5.41) is 12.1. The number of hydrogen-bond donors (Lipinski definition) is 0. The lowest BCUT2D eigenvalue weighted by molar-refractivity contribution is -0.385. The number of ether oxygens (including phenoxy) is 1. The molecule has 0 saturated heterocycles. The van der Waals surface area contributed by atoms with Crippen LogP contribution in [0.2, 0.25) is 5.02 Å². The van der Waals surface area contributed by atoms with E-state index in [1.807, 2.05) is 6.07 Å². The van der Waals surface area contributed by atoms with Gasteiger partial charge in [0.25, 0.3) is 0 Å². The molecule has 104 valence electrons. The second-order valence-corrected chi connectivity index (χ2v) is 5.67. The maximum absolute atomic E-state index is 11.0. The molecule has 7 heteroatoms. The highest BCUT2D eigenvalue weighted by molar-refractivity contribution is 9.10. The Morgan fingerprint density at radius 2 is 2.05 bits per heavy atom. The Morgan fingerprint density at radius 1 is 1.30 bits per heavy atom. The third kappa shape index (κ3) is 3.31. The SMILES string of the molecule is O=[N+]([O-])c1cccc(Br)c1Oc1ccc(CBr)cc1Cl. The van der Waals surface area contributed by atoms with E-state index in [0.717, 1.165) is 5.56 Å². The quantitative estimate of drug-likeness (QED) is 0.362. The van der Waals surface area contributed by atoms with Gasteiger partial charge in [-0.2, -0.15) is 0 Å². The maximum Gasteiger partial charge on any atom is 0.312 e. The number of alkyl halides is 1. The Bertz CT molecular complexity index is 664. The van der Waals surface area contributed by atoms with E-state index in [4.69, 9.17) is 16.3 Å². The Kier molecular flexibility index (Phi) is 5.01. The third-order valence-corrected chi connectivity index (χ3v) is 4.07. The first-order valence-corrected chi connectivity index (χ1v) is 7.77. The molecule has 0 atom stereocenters. The lowest BCUT2D eigenvalue weighted by atomic mass is 10.2. The largest absolute Gasteiger partial charge is 0.447 e. The number of benzene rings is 2. The molecule has 20 heavy (non-hydrogen) atoms. The van der Waals surface area contributed by atoms with Gasteiger partial charge in [0.05, 0.1) is 14.4 Å². The Labute approximate surface area is 137 Å². The summed E-state index contributed by atoms with van der Waals surface area (Å²) >= 11 is 12.7. The van der Waals surface area contributed by atoms with Gasteiger partial charge in [-0.05, 0) is 39.7 Å². The van der Waals surface area contributed by atoms with Gasteiger partial charge in [-0.15, -0.1) is 0 Å². The van der Waals surface area contributed by atoms with E-state index < -0.39 is 4.92 Å². The molecule has 2 aromatic carbocycles. The molecule has 0 aliphatic heterocycles. The summed E-state index contributed by atoms with van der Waals surface area (Å²) in [5.41, 5.74) is 0.865. The van der Waals surface area contributed by atoms with Gasteiger partial charge in [-0.3, -0.25) is 10.1 Å². The molecule has 0 spiro atoms. The number of halogens is 3. The molecular weight excluding hydrogens is 413 g/mol. The van der Waals surface area contributed by atoms with Crippen LogP contribution in [0.3, 0.4) is 0 Å². The average molecular weight is 421 g/mol. The molecule has 0 heterocycles. The van der Waals surface area contributed by atoms with Crippen molar-refractivity contribution >= 4 is 49.1 Å². The average Bonchev–Trinajstić information content (AvgIpc) is 2.42. The van der Waals surface area contributed by atoms with Crippen molar-refractivity contribution in [2.75, 3.05) is 0 Å². The molecule has 0 unspecified atom stereocenters. The van der Waals surface area contributed by atoms with Crippen molar-refractivity contribution in [2.24, 2.45) is 0 Å². The van der Waals surface area contributed by atoms with Crippen molar-refractivity contribution in [2.45, 2.75) is 5.33 Å². The predicted molar refractivity (Wildman–Crippen MR) is 85.0 cm³/mol. The monoisotopic (exact) mass is 419 g/mol. The summed E-state index contributed by atoms with van der Waals surface area (Å²) in [6.07, 6.45) is 0. The van der Waals surface area contributed by atoms with Gasteiger partial charge in [0.15, 0.2) is 0 Å². The summed E-state index contributed by atoms with van der Waals surface area (Å²) in [6.45, 7) is 0. The molecule has 0 aliphatic rings. The van der Waals surface area contributed by atoms with E-state index in [1.165, 1.54) is 6.07 Å². The zero-order valence-corrected chi connectivity index (χ0v) is 13.9. The number of hydrogen-bond acceptors (Lipinski definition) is 3. The van der Waals surface area contributed by atoms with Gasteiger partial charge in [-0.25, -0.2) is 0 Å². The minimum Gasteiger partial charge on any atom is -0.447 e. The van der Waals surface area contributed by atoms with E-state index in [0.29, 0.717) is 20.6 Å². The van der Waals surface area contributed by atoms with Crippen LogP contribution in [0, 0.1) is 10.1 Å². The van der Waals surface area contributed by atoms with Gasteiger partial charge in [0, 0.05) is 11.4 Å². The van der Waals surface area contributed by atoms with Gasteiger partial charge in [-0.1, -0.05) is 39.7 Å². The van der Waals surface area contributed by atoms with E-state index in [-0.39, 0.29) is 11.4 Å². The standard InChI is InChI=1S/C13H8Br2ClNO3/c14-7-8-4-5-12(10(16)6-8)20-13-9(15)2-1-3-11(13)17(18)19/h1-6H,7H2. The summed E-state index contributed by atoms with van der Waals surface area (Å²) in [6, 6.07) is 9.88. The first-order valence-electron chi connectivity index (χ1n) is 5.48. The minimum atomic E-state index is -0.499. The van der Waals surface area contributed by atoms with Crippen LogP contribution in [0.1, 0.15) is 5.56 Å². The molecule has 4 nitrogen and oxygen atoms in total. The normalized spacial score (nSPS) is 10.3. The van der Waals surface area contributed by atoms with Crippen molar-refractivity contribution in [3.8, 4) is 11.5 Å². The van der Waals surface area contributed by atoms with Gasteiger partial charge in [0.1, 0.15) is 5.75 Å². The molecule has 0 amide bonds. The van der Waals surface area contributed by atoms with Crippen molar-refractivity contribution in [1.29, 1.82) is 0 Å². The smallest absolute Gasteiger partial charge is 0.312 e. The lowest BCUT2D eigenvalue weighted by Gasteiger charge is -2.10. The molecule has 0 aliphatic carbocycles. The minimum absolute atomic E-state index is 0.125. The number of para-hydroxylation sites is 1. The Morgan fingerprint density at radius 3 is 2.65 bits per heavy atom. The molecule has 2 aromatic rings. The van der Waals surface area contributed by atoms with Crippen molar-refractivity contribution in [1.82, 2.24) is 0 Å². The van der Waals surface area contributed by atoms with Crippen LogP contribution in [-0.2, 0) is 5.33 Å².